The lowest BCUT2D eigenvalue weighted by molar-refractivity contribution is 0.532. The van der Waals surface area contributed by atoms with Gasteiger partial charge in [-0.25, -0.2) is 9.37 Å². The molecule has 0 unspecified atom stereocenters. The smallest absolute Gasteiger partial charge is 0.123 e. The van der Waals surface area contributed by atoms with Crippen molar-refractivity contribution >= 4 is 35.8 Å². The fourth-order valence-electron chi connectivity index (χ4n) is 3.92. The van der Waals surface area contributed by atoms with Crippen LogP contribution in [0.4, 0.5) is 4.39 Å². The van der Waals surface area contributed by atoms with E-state index in [0.29, 0.717) is 6.04 Å². The van der Waals surface area contributed by atoms with E-state index in [4.69, 9.17) is 0 Å². The highest BCUT2D eigenvalue weighted by Gasteiger charge is 2.21. The zero-order chi connectivity index (χ0) is 18.2. The molecule has 6 heteroatoms. The largest absolute Gasteiger partial charge is 0.345 e. The highest BCUT2D eigenvalue weighted by atomic mass is 35.5. The number of fused-ring (bicyclic) bond motifs is 2. The van der Waals surface area contributed by atoms with Crippen LogP contribution in [-0.2, 0) is 19.4 Å². The summed E-state index contributed by atoms with van der Waals surface area (Å²) in [6, 6.07) is 20.4. The standard InChI is InChI=1S/C23H20FN3.2ClH/c24-20-7-5-17-10-21(11-19(17)9-20)25-13-15-1-3-16(4-2-15)18-6-8-22-23(12-18)27-14-26-22;;/h1-9,12,14,21,25H,10-11,13H2,(H,26,27);2*1H/t21-;;/m0../s1. The summed E-state index contributed by atoms with van der Waals surface area (Å²) in [6.07, 6.45) is 3.59. The summed E-state index contributed by atoms with van der Waals surface area (Å²) in [4.78, 5) is 7.42. The molecule has 150 valence electrons. The zero-order valence-corrected chi connectivity index (χ0v) is 17.3. The molecule has 1 aliphatic rings. The SMILES string of the molecule is Cl.Cl.Fc1ccc2c(c1)C[C@@H](NCc1ccc(-c3ccc4nc[nH]c4c3)cc1)C2. The summed E-state index contributed by atoms with van der Waals surface area (Å²) >= 11 is 0. The number of benzene rings is 3. The fourth-order valence-corrected chi connectivity index (χ4v) is 3.92. The van der Waals surface area contributed by atoms with Gasteiger partial charge in [0.2, 0.25) is 0 Å². The van der Waals surface area contributed by atoms with Crippen molar-refractivity contribution in [2.75, 3.05) is 0 Å². The topological polar surface area (TPSA) is 40.7 Å². The van der Waals surface area contributed by atoms with Crippen molar-refractivity contribution in [3.63, 3.8) is 0 Å². The first-order chi connectivity index (χ1) is 13.2. The third kappa shape index (κ3) is 4.45. The summed E-state index contributed by atoms with van der Waals surface area (Å²) in [6.45, 7) is 0.820. The Morgan fingerprint density at radius 2 is 1.66 bits per heavy atom. The summed E-state index contributed by atoms with van der Waals surface area (Å²) in [5, 5.41) is 3.61. The highest BCUT2D eigenvalue weighted by Crippen LogP contribution is 2.25. The molecule has 0 amide bonds. The third-order valence-corrected chi connectivity index (χ3v) is 5.40. The van der Waals surface area contributed by atoms with Gasteiger partial charge in [0, 0.05) is 12.6 Å². The van der Waals surface area contributed by atoms with E-state index in [1.165, 1.54) is 22.3 Å². The minimum absolute atomic E-state index is 0. The van der Waals surface area contributed by atoms with E-state index < -0.39 is 0 Å². The van der Waals surface area contributed by atoms with Crippen molar-refractivity contribution < 1.29 is 4.39 Å². The van der Waals surface area contributed by atoms with E-state index in [2.05, 4.69) is 51.7 Å². The van der Waals surface area contributed by atoms with E-state index in [1.807, 2.05) is 12.1 Å². The second kappa shape index (κ2) is 8.95. The zero-order valence-electron chi connectivity index (χ0n) is 15.7. The van der Waals surface area contributed by atoms with Gasteiger partial charge in [0.1, 0.15) is 5.82 Å². The minimum atomic E-state index is -0.140. The molecule has 5 rings (SSSR count). The normalized spacial score (nSPS) is 14.9. The molecule has 1 aromatic heterocycles. The van der Waals surface area contributed by atoms with Gasteiger partial charge in [-0.1, -0.05) is 36.4 Å². The van der Waals surface area contributed by atoms with Gasteiger partial charge in [0.25, 0.3) is 0 Å². The molecule has 0 saturated carbocycles. The van der Waals surface area contributed by atoms with E-state index in [-0.39, 0.29) is 30.6 Å². The molecule has 2 N–H and O–H groups in total. The molecule has 0 saturated heterocycles. The molecular formula is C23H22Cl2FN3. The first-order valence-electron chi connectivity index (χ1n) is 9.28. The predicted molar refractivity (Wildman–Crippen MR) is 120 cm³/mol. The number of hydrogen-bond acceptors (Lipinski definition) is 2. The maximum Gasteiger partial charge on any atom is 0.123 e. The van der Waals surface area contributed by atoms with Crippen LogP contribution >= 0.6 is 24.8 Å². The molecule has 0 aliphatic heterocycles. The van der Waals surface area contributed by atoms with E-state index in [0.717, 1.165) is 36.0 Å². The summed E-state index contributed by atoms with van der Waals surface area (Å²) in [5.74, 6) is -0.140. The molecule has 29 heavy (non-hydrogen) atoms. The highest BCUT2D eigenvalue weighted by molar-refractivity contribution is 5.85. The molecule has 0 bridgehead atoms. The maximum absolute atomic E-state index is 13.4. The van der Waals surface area contributed by atoms with Gasteiger partial charge in [0.15, 0.2) is 0 Å². The number of aromatic amines is 1. The summed E-state index contributed by atoms with van der Waals surface area (Å²) in [7, 11) is 0. The van der Waals surface area contributed by atoms with Gasteiger partial charge < -0.3 is 10.3 Å². The number of imidazole rings is 1. The molecule has 0 radical (unpaired) electrons. The lowest BCUT2D eigenvalue weighted by Gasteiger charge is -2.12. The van der Waals surface area contributed by atoms with Crippen LogP contribution < -0.4 is 5.32 Å². The first kappa shape index (κ1) is 21.3. The van der Waals surface area contributed by atoms with Gasteiger partial charge in [0.05, 0.1) is 17.4 Å². The van der Waals surface area contributed by atoms with E-state index >= 15 is 0 Å². The van der Waals surface area contributed by atoms with E-state index in [9.17, 15) is 4.39 Å². The van der Waals surface area contributed by atoms with Gasteiger partial charge in [-0.3, -0.25) is 0 Å². The van der Waals surface area contributed by atoms with Gasteiger partial charge in [-0.05, 0) is 64.9 Å². The third-order valence-electron chi connectivity index (χ3n) is 5.40. The average molecular weight is 430 g/mol. The number of nitrogens with one attached hydrogen (secondary N) is 2. The second-order valence-corrected chi connectivity index (χ2v) is 7.23. The van der Waals surface area contributed by atoms with Crippen LogP contribution in [0.5, 0.6) is 0 Å². The predicted octanol–water partition coefficient (Wildman–Crippen LogP) is 5.47. The van der Waals surface area contributed by atoms with Crippen LogP contribution in [0, 0.1) is 5.82 Å². The Morgan fingerprint density at radius 3 is 2.48 bits per heavy atom. The van der Waals surface area contributed by atoms with E-state index in [1.54, 1.807) is 18.5 Å². The van der Waals surface area contributed by atoms with Gasteiger partial charge >= 0.3 is 0 Å². The van der Waals surface area contributed by atoms with Crippen molar-refractivity contribution in [2.45, 2.75) is 25.4 Å². The maximum atomic E-state index is 13.4. The second-order valence-electron chi connectivity index (χ2n) is 7.23. The molecule has 0 spiro atoms. The van der Waals surface area contributed by atoms with Crippen LogP contribution in [0.3, 0.4) is 0 Å². The van der Waals surface area contributed by atoms with Crippen LogP contribution in [0.2, 0.25) is 0 Å². The number of hydrogen-bond donors (Lipinski definition) is 2. The van der Waals surface area contributed by atoms with Crippen LogP contribution in [-0.4, -0.2) is 16.0 Å². The van der Waals surface area contributed by atoms with Crippen molar-refractivity contribution in [1.29, 1.82) is 0 Å². The quantitative estimate of drug-likeness (QED) is 0.451. The number of aromatic nitrogens is 2. The lowest BCUT2D eigenvalue weighted by Crippen LogP contribution is -2.28. The summed E-state index contributed by atoms with van der Waals surface area (Å²) < 4.78 is 13.4. The van der Waals surface area contributed by atoms with Gasteiger partial charge in [-0.15, -0.1) is 24.8 Å². The molecule has 1 heterocycles. The Kier molecular flexibility index (Phi) is 6.58. The fraction of sp³-hybridized carbons (Fsp3) is 0.174. The number of H-pyrrole nitrogens is 1. The van der Waals surface area contributed by atoms with Crippen molar-refractivity contribution in [2.24, 2.45) is 0 Å². The Bertz CT molecular complexity index is 1110. The Balaban J connectivity index is 0.00000120. The molecular weight excluding hydrogens is 408 g/mol. The average Bonchev–Trinajstić information content (AvgIpc) is 3.32. The van der Waals surface area contributed by atoms with Crippen LogP contribution in [0.1, 0.15) is 16.7 Å². The molecule has 4 aromatic rings. The number of rotatable bonds is 4. The Morgan fingerprint density at radius 1 is 0.897 bits per heavy atom. The molecule has 3 aromatic carbocycles. The molecule has 0 fully saturated rings. The minimum Gasteiger partial charge on any atom is -0.345 e. The number of nitrogens with zero attached hydrogens (tertiary/aromatic N) is 1. The van der Waals surface area contributed by atoms with Gasteiger partial charge in [-0.2, -0.15) is 0 Å². The molecule has 1 atom stereocenters. The summed E-state index contributed by atoms with van der Waals surface area (Å²) in [5.41, 5.74) is 8.06. The first-order valence-corrected chi connectivity index (χ1v) is 9.28. The van der Waals surface area contributed by atoms with Crippen molar-refractivity contribution in [1.82, 2.24) is 15.3 Å². The Labute approximate surface area is 181 Å². The molecule has 3 nitrogen and oxygen atoms in total. The van der Waals surface area contributed by atoms with Crippen LogP contribution in [0.15, 0.2) is 67.0 Å². The Hall–Kier alpha value is -2.40. The monoisotopic (exact) mass is 429 g/mol. The molecule has 1 aliphatic carbocycles. The van der Waals surface area contributed by atoms with Crippen molar-refractivity contribution in [3.05, 3.63) is 89.5 Å². The lowest BCUT2D eigenvalue weighted by atomic mass is 10.0. The van der Waals surface area contributed by atoms with Crippen molar-refractivity contribution in [3.8, 4) is 11.1 Å². The number of halogens is 3. The van der Waals surface area contributed by atoms with Crippen LogP contribution in [0.25, 0.3) is 22.2 Å².